The third-order valence-electron chi connectivity index (χ3n) is 5.63. The van der Waals surface area contributed by atoms with Crippen molar-refractivity contribution in [3.05, 3.63) is 47.5 Å². The number of carbonyl (C=O) groups excluding carboxylic acids is 1. The minimum atomic E-state index is -3.59. The number of hydrogen-bond donors (Lipinski definition) is 0. The van der Waals surface area contributed by atoms with E-state index in [0.717, 1.165) is 23.7 Å². The van der Waals surface area contributed by atoms with E-state index in [2.05, 4.69) is 15.1 Å². The summed E-state index contributed by atoms with van der Waals surface area (Å²) in [5.74, 6) is -5.34. The van der Waals surface area contributed by atoms with Gasteiger partial charge in [-0.2, -0.15) is 5.10 Å². The first-order chi connectivity index (χ1) is 15.6. The Kier molecular flexibility index (Phi) is 6.08. The molecule has 4 rings (SSSR count). The Morgan fingerprint density at radius 2 is 1.91 bits per heavy atom. The monoisotopic (exact) mass is 485 g/mol. The zero-order valence-electron chi connectivity index (χ0n) is 17.3. The van der Waals surface area contributed by atoms with Crippen LogP contribution in [0.4, 0.5) is 23.4 Å². The highest BCUT2D eigenvalue weighted by atomic mass is 32.2. The van der Waals surface area contributed by atoms with E-state index in [-0.39, 0.29) is 42.3 Å². The van der Waals surface area contributed by atoms with Crippen molar-refractivity contribution >= 4 is 27.8 Å². The highest BCUT2D eigenvalue weighted by molar-refractivity contribution is 7.90. The van der Waals surface area contributed by atoms with Crippen molar-refractivity contribution in [3.63, 3.8) is 0 Å². The SMILES string of the molecule is CS(=O)(=O)c1cc(N2CC[C@@H](C(=O)N3N=CC[C@@H]3c3cc(F)cc(F)c3F)[C@@H](F)C2)ncn1. The molecule has 176 valence electrons. The lowest BCUT2D eigenvalue weighted by atomic mass is 9.92. The molecule has 0 spiro atoms. The first-order valence-electron chi connectivity index (χ1n) is 9.97. The average molecular weight is 485 g/mol. The molecular formula is C20H19F4N5O3S. The Morgan fingerprint density at radius 3 is 2.61 bits per heavy atom. The van der Waals surface area contributed by atoms with Crippen molar-refractivity contribution in [1.29, 1.82) is 0 Å². The van der Waals surface area contributed by atoms with E-state index in [1.54, 1.807) is 0 Å². The van der Waals surface area contributed by atoms with Gasteiger partial charge >= 0.3 is 0 Å². The fourth-order valence-electron chi connectivity index (χ4n) is 3.97. The molecular weight excluding hydrogens is 466 g/mol. The van der Waals surface area contributed by atoms with Crippen LogP contribution in [-0.4, -0.2) is 61.0 Å². The first-order valence-corrected chi connectivity index (χ1v) is 11.9. The predicted molar refractivity (Wildman–Crippen MR) is 109 cm³/mol. The Balaban J connectivity index is 1.51. The molecule has 2 aliphatic heterocycles. The third kappa shape index (κ3) is 4.54. The maximum Gasteiger partial charge on any atom is 0.249 e. The van der Waals surface area contributed by atoms with E-state index in [4.69, 9.17) is 0 Å². The van der Waals surface area contributed by atoms with Crippen LogP contribution in [0.25, 0.3) is 0 Å². The number of sulfone groups is 1. The number of carbonyl (C=O) groups is 1. The lowest BCUT2D eigenvalue weighted by Gasteiger charge is -2.36. The fraction of sp³-hybridized carbons (Fsp3) is 0.400. The summed E-state index contributed by atoms with van der Waals surface area (Å²) in [6.07, 6.45) is 1.75. The number of alkyl halides is 1. The van der Waals surface area contributed by atoms with Crippen LogP contribution in [0.3, 0.4) is 0 Å². The molecule has 0 N–H and O–H groups in total. The second-order valence-electron chi connectivity index (χ2n) is 7.87. The Morgan fingerprint density at radius 1 is 1.15 bits per heavy atom. The van der Waals surface area contributed by atoms with E-state index < -0.39 is 51.3 Å². The molecule has 0 aliphatic carbocycles. The first kappa shape index (κ1) is 23.1. The number of anilines is 1. The molecule has 3 heterocycles. The van der Waals surface area contributed by atoms with E-state index in [1.807, 2.05) is 0 Å². The van der Waals surface area contributed by atoms with Gasteiger partial charge in [-0.15, -0.1) is 0 Å². The summed E-state index contributed by atoms with van der Waals surface area (Å²) in [5.41, 5.74) is -0.375. The minimum Gasteiger partial charge on any atom is -0.354 e. The number of rotatable bonds is 4. The largest absolute Gasteiger partial charge is 0.354 e. The van der Waals surface area contributed by atoms with Crippen LogP contribution in [0.1, 0.15) is 24.4 Å². The number of hydrazone groups is 1. The smallest absolute Gasteiger partial charge is 0.249 e. The Bertz CT molecular complexity index is 1230. The van der Waals surface area contributed by atoms with Crippen LogP contribution in [-0.2, 0) is 14.6 Å². The summed E-state index contributed by atoms with van der Waals surface area (Å²) in [4.78, 5) is 22.2. The molecule has 3 atom stereocenters. The minimum absolute atomic E-state index is 0.0244. The van der Waals surface area contributed by atoms with Gasteiger partial charge in [0.2, 0.25) is 5.91 Å². The lowest BCUT2D eigenvalue weighted by molar-refractivity contribution is -0.140. The van der Waals surface area contributed by atoms with Crippen LogP contribution >= 0.6 is 0 Å². The molecule has 2 aromatic rings. The van der Waals surface area contributed by atoms with Crippen molar-refractivity contribution in [2.75, 3.05) is 24.2 Å². The summed E-state index contributed by atoms with van der Waals surface area (Å²) in [6, 6.07) is 1.33. The summed E-state index contributed by atoms with van der Waals surface area (Å²) in [7, 11) is -3.59. The van der Waals surface area contributed by atoms with Gasteiger partial charge in [0.05, 0.1) is 18.5 Å². The maximum atomic E-state index is 15.1. The summed E-state index contributed by atoms with van der Waals surface area (Å²) < 4.78 is 80.1. The second kappa shape index (κ2) is 8.69. The summed E-state index contributed by atoms with van der Waals surface area (Å²) in [6.45, 7) is -0.0655. The van der Waals surface area contributed by atoms with E-state index in [0.29, 0.717) is 6.07 Å². The van der Waals surface area contributed by atoms with E-state index in [9.17, 15) is 26.4 Å². The third-order valence-corrected chi connectivity index (χ3v) is 6.61. The number of aromatic nitrogens is 2. The van der Waals surface area contributed by atoms with Crippen molar-refractivity contribution in [1.82, 2.24) is 15.0 Å². The van der Waals surface area contributed by atoms with Crippen molar-refractivity contribution in [2.45, 2.75) is 30.1 Å². The molecule has 0 saturated carbocycles. The van der Waals surface area contributed by atoms with Crippen molar-refractivity contribution < 1.29 is 30.8 Å². The highest BCUT2D eigenvalue weighted by Crippen LogP contribution is 2.35. The molecule has 1 aromatic heterocycles. The molecule has 1 amide bonds. The van der Waals surface area contributed by atoms with Gasteiger partial charge in [0.25, 0.3) is 0 Å². The van der Waals surface area contributed by atoms with Gasteiger partial charge in [0.1, 0.15) is 24.1 Å². The standard InChI is InChI=1S/C20H19F4N5O3S/c1-33(31,32)18-8-17(25-10-26-18)28-5-3-12(15(23)9-28)20(30)29-16(2-4-27-29)13-6-11(21)7-14(22)19(13)24/h4,6-8,10,12,15-16H,2-3,5,9H2,1H3/t12-,15+,16-/m1/s1. The molecule has 1 fully saturated rings. The van der Waals surface area contributed by atoms with Gasteiger partial charge in [-0.3, -0.25) is 4.79 Å². The molecule has 1 saturated heterocycles. The van der Waals surface area contributed by atoms with Crippen LogP contribution in [0.2, 0.25) is 0 Å². The van der Waals surface area contributed by atoms with Crippen LogP contribution in [0, 0.1) is 23.4 Å². The van der Waals surface area contributed by atoms with Gasteiger partial charge < -0.3 is 4.90 Å². The average Bonchev–Trinajstić information content (AvgIpc) is 3.25. The van der Waals surface area contributed by atoms with Gasteiger partial charge in [-0.25, -0.2) is 41.0 Å². The van der Waals surface area contributed by atoms with Gasteiger partial charge in [-0.05, 0) is 12.5 Å². The van der Waals surface area contributed by atoms with Crippen molar-refractivity contribution in [3.8, 4) is 0 Å². The van der Waals surface area contributed by atoms with E-state index >= 15 is 4.39 Å². The topological polar surface area (TPSA) is 95.8 Å². The van der Waals surface area contributed by atoms with Crippen molar-refractivity contribution in [2.24, 2.45) is 11.0 Å². The van der Waals surface area contributed by atoms with E-state index in [1.165, 1.54) is 17.2 Å². The van der Waals surface area contributed by atoms with Gasteiger partial charge in [0.15, 0.2) is 26.5 Å². The molecule has 0 radical (unpaired) electrons. The number of piperidine rings is 1. The molecule has 8 nitrogen and oxygen atoms in total. The second-order valence-corrected chi connectivity index (χ2v) is 9.83. The quantitative estimate of drug-likeness (QED) is 0.375. The predicted octanol–water partition coefficient (Wildman–Crippen LogP) is 2.42. The number of benzene rings is 1. The molecule has 0 unspecified atom stereocenters. The van der Waals surface area contributed by atoms with Gasteiger partial charge in [-0.1, -0.05) is 0 Å². The molecule has 13 heteroatoms. The Labute approximate surface area is 186 Å². The lowest BCUT2D eigenvalue weighted by Crippen LogP contribution is -2.48. The highest BCUT2D eigenvalue weighted by Gasteiger charge is 2.41. The van der Waals surface area contributed by atoms with Gasteiger partial charge in [0, 0.05) is 43.1 Å². The molecule has 33 heavy (non-hydrogen) atoms. The molecule has 1 aromatic carbocycles. The molecule has 2 aliphatic rings. The zero-order valence-corrected chi connectivity index (χ0v) is 18.1. The summed E-state index contributed by atoms with van der Waals surface area (Å²) >= 11 is 0. The summed E-state index contributed by atoms with van der Waals surface area (Å²) in [5, 5.41) is 4.56. The van der Waals surface area contributed by atoms with Crippen LogP contribution < -0.4 is 4.90 Å². The molecule has 0 bridgehead atoms. The number of hydrogen-bond acceptors (Lipinski definition) is 7. The fourth-order valence-corrected chi connectivity index (χ4v) is 4.53. The number of nitrogens with zero attached hydrogens (tertiary/aromatic N) is 5. The number of halogens is 4. The van der Waals surface area contributed by atoms with Crippen LogP contribution in [0.15, 0.2) is 34.7 Å². The number of amides is 1. The normalized spacial score (nSPS) is 23.2. The zero-order chi connectivity index (χ0) is 23.9. The Hall–Kier alpha value is -3.09. The van der Waals surface area contributed by atoms with Crippen LogP contribution in [0.5, 0.6) is 0 Å². The maximum absolute atomic E-state index is 15.1.